The van der Waals surface area contributed by atoms with E-state index in [1.807, 2.05) is 0 Å². The zero-order valence-electron chi connectivity index (χ0n) is 16.0. The van der Waals surface area contributed by atoms with Crippen molar-refractivity contribution in [3.05, 3.63) is 75.7 Å². The molecule has 9 nitrogen and oxygen atoms in total. The van der Waals surface area contributed by atoms with Crippen LogP contribution in [0.3, 0.4) is 0 Å². The number of aromatic nitrogens is 4. The number of aliphatic hydroxyl groups excluding tert-OH is 1. The number of aliphatic hydroxyl groups is 1. The predicted octanol–water partition coefficient (Wildman–Crippen LogP) is 2.18. The van der Waals surface area contributed by atoms with Crippen LogP contribution in [0.2, 0.25) is 5.02 Å². The summed E-state index contributed by atoms with van der Waals surface area (Å²) in [6.45, 7) is 0.240. The van der Waals surface area contributed by atoms with Crippen LogP contribution in [-0.2, 0) is 4.84 Å². The molecule has 4 aromatic rings. The van der Waals surface area contributed by atoms with Crippen molar-refractivity contribution in [2.24, 2.45) is 0 Å². The molecule has 0 aliphatic carbocycles. The van der Waals surface area contributed by atoms with E-state index in [0.717, 1.165) is 10.4 Å². The molecule has 1 atom stereocenters. The van der Waals surface area contributed by atoms with Crippen molar-refractivity contribution in [1.29, 1.82) is 0 Å². The van der Waals surface area contributed by atoms with Gasteiger partial charge in [-0.15, -0.1) is 5.10 Å². The SMILES string of the molecule is O=C(c1ccc(-n2cc(-c3cc4cc(Cl)ccc4[nH]c3=O)nn2)cc1)N1C[C@H](O)CO1. The molecule has 1 amide bonds. The molecule has 10 heteroatoms. The number of nitrogens with one attached hydrogen (secondary N) is 1. The van der Waals surface area contributed by atoms with Gasteiger partial charge in [0.25, 0.3) is 11.5 Å². The third kappa shape index (κ3) is 3.70. The number of benzene rings is 2. The van der Waals surface area contributed by atoms with E-state index in [2.05, 4.69) is 15.3 Å². The molecular weight excluding hydrogens is 422 g/mol. The highest BCUT2D eigenvalue weighted by atomic mass is 35.5. The van der Waals surface area contributed by atoms with Crippen molar-refractivity contribution < 1.29 is 14.7 Å². The first-order chi connectivity index (χ1) is 15.0. The van der Waals surface area contributed by atoms with Crippen LogP contribution in [0.4, 0.5) is 0 Å². The lowest BCUT2D eigenvalue weighted by molar-refractivity contribution is -0.0779. The number of carbonyl (C=O) groups is 1. The highest BCUT2D eigenvalue weighted by Crippen LogP contribution is 2.22. The second kappa shape index (κ2) is 7.62. The summed E-state index contributed by atoms with van der Waals surface area (Å²) in [7, 11) is 0. The number of amides is 1. The first kappa shape index (κ1) is 19.4. The van der Waals surface area contributed by atoms with E-state index in [4.69, 9.17) is 16.4 Å². The van der Waals surface area contributed by atoms with Crippen LogP contribution in [0.25, 0.3) is 27.8 Å². The van der Waals surface area contributed by atoms with Crippen molar-refractivity contribution in [2.45, 2.75) is 6.10 Å². The largest absolute Gasteiger partial charge is 0.389 e. The molecule has 1 aliphatic heterocycles. The Labute approximate surface area is 180 Å². The summed E-state index contributed by atoms with van der Waals surface area (Å²) in [6, 6.07) is 13.6. The fourth-order valence-electron chi connectivity index (χ4n) is 3.40. The predicted molar refractivity (Wildman–Crippen MR) is 113 cm³/mol. The maximum absolute atomic E-state index is 12.5. The number of hydrogen-bond acceptors (Lipinski definition) is 6. The number of fused-ring (bicyclic) bond motifs is 1. The fourth-order valence-corrected chi connectivity index (χ4v) is 3.58. The van der Waals surface area contributed by atoms with Gasteiger partial charge in [-0.25, -0.2) is 9.75 Å². The standard InChI is InChI=1S/C21H16ClN5O4/c22-14-3-6-18-13(7-14)8-17(20(29)23-18)19-10-26(25-24-19)15-4-1-12(2-5-15)21(30)27-9-16(28)11-31-27/h1-8,10,16,28H,9,11H2,(H,23,29)/t16-/m0/s1. The second-order valence-electron chi connectivity index (χ2n) is 7.15. The molecule has 0 unspecified atom stereocenters. The molecular formula is C21H16ClN5O4. The number of rotatable bonds is 3. The van der Waals surface area contributed by atoms with E-state index in [1.54, 1.807) is 54.7 Å². The van der Waals surface area contributed by atoms with Crippen LogP contribution >= 0.6 is 11.6 Å². The first-order valence-corrected chi connectivity index (χ1v) is 9.84. The first-order valence-electron chi connectivity index (χ1n) is 9.46. The molecule has 2 aromatic carbocycles. The van der Waals surface area contributed by atoms with Crippen LogP contribution in [0.15, 0.2) is 59.5 Å². The number of hydroxylamine groups is 2. The van der Waals surface area contributed by atoms with E-state index >= 15 is 0 Å². The third-order valence-electron chi connectivity index (χ3n) is 4.98. The molecule has 1 fully saturated rings. The van der Waals surface area contributed by atoms with Gasteiger partial charge in [0.1, 0.15) is 18.4 Å². The topological polar surface area (TPSA) is 113 Å². The molecule has 0 saturated carbocycles. The minimum atomic E-state index is -0.675. The van der Waals surface area contributed by atoms with E-state index in [9.17, 15) is 14.7 Å². The number of aromatic amines is 1. The molecule has 0 bridgehead atoms. The molecule has 0 radical (unpaired) electrons. The molecule has 1 aliphatic rings. The Balaban J connectivity index is 1.42. The van der Waals surface area contributed by atoms with Gasteiger partial charge in [0, 0.05) is 21.5 Å². The van der Waals surface area contributed by atoms with Crippen molar-refractivity contribution in [1.82, 2.24) is 25.0 Å². The summed E-state index contributed by atoms with van der Waals surface area (Å²) in [5.74, 6) is -0.330. The second-order valence-corrected chi connectivity index (χ2v) is 7.59. The monoisotopic (exact) mass is 437 g/mol. The average molecular weight is 438 g/mol. The minimum Gasteiger partial charge on any atom is -0.389 e. The maximum Gasteiger partial charge on any atom is 0.277 e. The van der Waals surface area contributed by atoms with Crippen LogP contribution in [-0.4, -0.2) is 55.3 Å². The summed E-state index contributed by atoms with van der Waals surface area (Å²) >= 11 is 6.05. The molecule has 156 valence electrons. The Hall–Kier alpha value is -3.53. The lowest BCUT2D eigenvalue weighted by Crippen LogP contribution is -2.28. The fraction of sp³-hybridized carbons (Fsp3) is 0.143. The third-order valence-corrected chi connectivity index (χ3v) is 5.22. The highest BCUT2D eigenvalue weighted by molar-refractivity contribution is 6.31. The van der Waals surface area contributed by atoms with Gasteiger partial charge < -0.3 is 10.1 Å². The van der Waals surface area contributed by atoms with Crippen LogP contribution < -0.4 is 5.56 Å². The zero-order chi connectivity index (χ0) is 21.5. The summed E-state index contributed by atoms with van der Waals surface area (Å²) < 4.78 is 1.52. The van der Waals surface area contributed by atoms with Gasteiger partial charge in [0.15, 0.2) is 0 Å². The number of nitrogens with zero attached hydrogens (tertiary/aromatic N) is 4. The van der Waals surface area contributed by atoms with Gasteiger partial charge in [0.05, 0.1) is 24.0 Å². The smallest absolute Gasteiger partial charge is 0.277 e. The van der Waals surface area contributed by atoms with Gasteiger partial charge in [-0.05, 0) is 48.5 Å². The van der Waals surface area contributed by atoms with Gasteiger partial charge in [0.2, 0.25) is 0 Å². The van der Waals surface area contributed by atoms with Crippen molar-refractivity contribution in [3.8, 4) is 16.9 Å². The number of β-amino-alcohol motifs (C(OH)–C–C–N with tert-alkyl or cyclic N) is 1. The van der Waals surface area contributed by atoms with Crippen molar-refractivity contribution >= 4 is 28.4 Å². The van der Waals surface area contributed by atoms with Gasteiger partial charge in [-0.3, -0.25) is 14.4 Å². The van der Waals surface area contributed by atoms with E-state index in [-0.39, 0.29) is 24.6 Å². The van der Waals surface area contributed by atoms with Crippen LogP contribution in [0.1, 0.15) is 10.4 Å². The van der Waals surface area contributed by atoms with E-state index < -0.39 is 6.10 Å². The highest BCUT2D eigenvalue weighted by Gasteiger charge is 2.27. The van der Waals surface area contributed by atoms with Gasteiger partial charge >= 0.3 is 0 Å². The molecule has 3 heterocycles. The Morgan fingerprint density at radius 2 is 2.00 bits per heavy atom. The molecule has 5 rings (SSSR count). The lowest BCUT2D eigenvalue weighted by Gasteiger charge is -2.13. The quantitative estimate of drug-likeness (QED) is 0.508. The maximum atomic E-state index is 12.5. The normalized spacial score (nSPS) is 16.2. The summed E-state index contributed by atoms with van der Waals surface area (Å²) in [4.78, 5) is 32.9. The zero-order valence-corrected chi connectivity index (χ0v) is 16.8. The van der Waals surface area contributed by atoms with Gasteiger partial charge in [-0.2, -0.15) is 0 Å². The molecule has 1 saturated heterocycles. The van der Waals surface area contributed by atoms with Crippen LogP contribution in [0.5, 0.6) is 0 Å². The molecule has 0 spiro atoms. The molecule has 2 aromatic heterocycles. The van der Waals surface area contributed by atoms with E-state index in [0.29, 0.717) is 33.0 Å². The van der Waals surface area contributed by atoms with Crippen LogP contribution in [0, 0.1) is 0 Å². The van der Waals surface area contributed by atoms with Crippen molar-refractivity contribution in [2.75, 3.05) is 13.2 Å². The summed E-state index contributed by atoms with van der Waals surface area (Å²) in [5, 5.41) is 20.2. The average Bonchev–Trinajstić information content (AvgIpc) is 3.43. The molecule has 2 N–H and O–H groups in total. The lowest BCUT2D eigenvalue weighted by atomic mass is 10.1. The number of carbonyl (C=O) groups excluding carboxylic acids is 1. The Kier molecular flexibility index (Phi) is 4.78. The minimum absolute atomic E-state index is 0.103. The number of halogens is 1. The number of pyridine rings is 1. The van der Waals surface area contributed by atoms with Crippen molar-refractivity contribution in [3.63, 3.8) is 0 Å². The molecule has 31 heavy (non-hydrogen) atoms. The number of H-pyrrole nitrogens is 1. The van der Waals surface area contributed by atoms with Gasteiger partial charge in [-0.1, -0.05) is 16.8 Å². The van der Waals surface area contributed by atoms with E-state index in [1.165, 1.54) is 4.68 Å². The summed E-state index contributed by atoms with van der Waals surface area (Å²) in [5.41, 5.74) is 2.26. The summed E-state index contributed by atoms with van der Waals surface area (Å²) in [6.07, 6.45) is 0.962. The Morgan fingerprint density at radius 1 is 1.19 bits per heavy atom. The Morgan fingerprint density at radius 3 is 2.74 bits per heavy atom. The Bertz CT molecular complexity index is 1350. The number of hydrogen-bond donors (Lipinski definition) is 2.